The molecule has 4 rings (SSSR count). The molecule has 0 radical (unpaired) electrons. The van der Waals surface area contributed by atoms with E-state index < -0.39 is 10.8 Å². The Bertz CT molecular complexity index is 1170. The molecule has 10 nitrogen and oxygen atoms in total. The van der Waals surface area contributed by atoms with Crippen molar-refractivity contribution in [3.63, 3.8) is 0 Å². The molecule has 0 atom stereocenters. The lowest BCUT2D eigenvalue weighted by atomic mass is 10.2. The second-order valence-corrected chi connectivity index (χ2v) is 7.21. The second kappa shape index (κ2) is 8.34. The van der Waals surface area contributed by atoms with Crippen LogP contribution in [0.5, 0.6) is 0 Å². The summed E-state index contributed by atoms with van der Waals surface area (Å²) >= 11 is 0. The van der Waals surface area contributed by atoms with E-state index in [0.29, 0.717) is 24.3 Å². The number of anilines is 1. The van der Waals surface area contributed by atoms with Crippen molar-refractivity contribution < 1.29 is 14.5 Å². The first kappa shape index (κ1) is 20.2. The third-order valence-electron chi connectivity index (χ3n) is 5.14. The van der Waals surface area contributed by atoms with Crippen LogP contribution in [0.4, 0.5) is 11.4 Å². The maximum atomic E-state index is 12.7. The van der Waals surface area contributed by atoms with Crippen LogP contribution in [0.15, 0.2) is 48.5 Å². The third-order valence-corrected chi connectivity index (χ3v) is 5.14. The lowest BCUT2D eigenvalue weighted by Crippen LogP contribution is -2.25. The molecule has 31 heavy (non-hydrogen) atoms. The summed E-state index contributed by atoms with van der Waals surface area (Å²) in [6, 6.07) is 13.4. The Labute approximate surface area is 177 Å². The Morgan fingerprint density at radius 3 is 2.71 bits per heavy atom. The zero-order valence-electron chi connectivity index (χ0n) is 16.8. The van der Waals surface area contributed by atoms with Gasteiger partial charge in [-0.05, 0) is 37.1 Å². The number of hydrogen-bond acceptors (Lipinski definition) is 6. The summed E-state index contributed by atoms with van der Waals surface area (Å²) in [5, 5.41) is 21.7. The number of carbonyl (C=O) groups is 2. The van der Waals surface area contributed by atoms with Crippen LogP contribution in [-0.2, 0) is 11.3 Å². The lowest BCUT2D eigenvalue weighted by molar-refractivity contribution is -0.384. The first-order valence-electron chi connectivity index (χ1n) is 9.78. The molecule has 158 valence electrons. The van der Waals surface area contributed by atoms with Crippen molar-refractivity contribution in [3.8, 4) is 5.69 Å². The van der Waals surface area contributed by atoms with Crippen LogP contribution in [0, 0.1) is 17.0 Å². The summed E-state index contributed by atoms with van der Waals surface area (Å²) < 4.78 is 1.39. The number of nitrogens with zero attached hydrogens (tertiary/aromatic N) is 5. The van der Waals surface area contributed by atoms with Crippen LogP contribution in [-0.4, -0.2) is 38.3 Å². The molecular formula is C21H20N6O4. The van der Waals surface area contributed by atoms with Crippen molar-refractivity contribution in [2.24, 2.45) is 0 Å². The van der Waals surface area contributed by atoms with Crippen molar-refractivity contribution >= 4 is 23.2 Å². The van der Waals surface area contributed by atoms with Crippen molar-refractivity contribution in [3.05, 3.63) is 75.6 Å². The molecule has 1 N–H and O–H groups in total. The Balaban J connectivity index is 1.47. The van der Waals surface area contributed by atoms with Crippen molar-refractivity contribution in [1.29, 1.82) is 0 Å². The van der Waals surface area contributed by atoms with Gasteiger partial charge in [-0.15, -0.1) is 5.10 Å². The fourth-order valence-corrected chi connectivity index (χ4v) is 3.54. The molecule has 2 heterocycles. The molecule has 1 saturated heterocycles. The van der Waals surface area contributed by atoms with Crippen LogP contribution in [0.1, 0.15) is 34.6 Å². The molecule has 1 aliphatic heterocycles. The molecule has 0 aliphatic carbocycles. The Morgan fingerprint density at radius 2 is 1.97 bits per heavy atom. The first-order chi connectivity index (χ1) is 14.9. The molecule has 2 amide bonds. The van der Waals surface area contributed by atoms with E-state index in [-0.39, 0.29) is 23.8 Å². The number of nitro benzene ring substituents is 1. The second-order valence-electron chi connectivity index (χ2n) is 7.21. The summed E-state index contributed by atoms with van der Waals surface area (Å²) in [5.74, 6) is -0.300. The van der Waals surface area contributed by atoms with E-state index in [2.05, 4.69) is 15.6 Å². The highest BCUT2D eigenvalue weighted by atomic mass is 16.6. The van der Waals surface area contributed by atoms with Gasteiger partial charge < -0.3 is 10.2 Å². The zero-order chi connectivity index (χ0) is 22.0. The van der Waals surface area contributed by atoms with E-state index in [1.807, 2.05) is 24.3 Å². The predicted molar refractivity (Wildman–Crippen MR) is 112 cm³/mol. The minimum absolute atomic E-state index is 0.0743. The van der Waals surface area contributed by atoms with Crippen LogP contribution in [0.25, 0.3) is 5.69 Å². The van der Waals surface area contributed by atoms with E-state index >= 15 is 0 Å². The molecule has 1 aliphatic rings. The Morgan fingerprint density at radius 1 is 1.19 bits per heavy atom. The number of rotatable bonds is 6. The fraction of sp³-hybridized carbons (Fsp3) is 0.238. The highest BCUT2D eigenvalue weighted by molar-refractivity contribution is 5.95. The molecule has 0 bridgehead atoms. The number of amides is 2. The molecule has 0 unspecified atom stereocenters. The van der Waals surface area contributed by atoms with Crippen molar-refractivity contribution in [1.82, 2.24) is 20.3 Å². The standard InChI is InChI=1S/C21H20N6O4/c1-14-20(23-24-26(14)17-7-3-8-18(12-17)27(30)31)21(29)22-13-15-5-2-6-16(11-15)25-10-4-9-19(25)28/h2-3,5-8,11-12H,4,9-10,13H2,1H3,(H,22,29). The van der Waals surface area contributed by atoms with Gasteiger partial charge in [-0.25, -0.2) is 4.68 Å². The van der Waals surface area contributed by atoms with E-state index in [4.69, 9.17) is 0 Å². The molecule has 0 saturated carbocycles. The average Bonchev–Trinajstić information content (AvgIpc) is 3.37. The fourth-order valence-electron chi connectivity index (χ4n) is 3.54. The van der Waals surface area contributed by atoms with Gasteiger partial charge in [0.2, 0.25) is 5.91 Å². The molecule has 1 fully saturated rings. The topological polar surface area (TPSA) is 123 Å². The smallest absolute Gasteiger partial charge is 0.274 e. The van der Waals surface area contributed by atoms with Gasteiger partial charge in [0.05, 0.1) is 16.3 Å². The van der Waals surface area contributed by atoms with Crippen LogP contribution in [0.2, 0.25) is 0 Å². The van der Waals surface area contributed by atoms with Crippen molar-refractivity contribution in [2.75, 3.05) is 11.4 Å². The minimum Gasteiger partial charge on any atom is -0.347 e. The molecule has 3 aromatic rings. The van der Waals surface area contributed by atoms with Gasteiger partial charge in [0.1, 0.15) is 0 Å². The number of non-ortho nitro benzene ring substituents is 1. The average molecular weight is 420 g/mol. The molecule has 0 spiro atoms. The number of aromatic nitrogens is 3. The molecule has 1 aromatic heterocycles. The summed E-state index contributed by atoms with van der Waals surface area (Å²) in [6.07, 6.45) is 1.40. The Kier molecular flexibility index (Phi) is 5.44. The number of nitro groups is 1. The largest absolute Gasteiger partial charge is 0.347 e. The summed E-state index contributed by atoms with van der Waals surface area (Å²) in [5.41, 5.74) is 2.65. The molecule has 10 heteroatoms. The van der Waals surface area contributed by atoms with E-state index in [1.165, 1.54) is 16.8 Å². The maximum absolute atomic E-state index is 12.7. The highest BCUT2D eigenvalue weighted by Crippen LogP contribution is 2.22. The van der Waals surface area contributed by atoms with Gasteiger partial charge in [-0.2, -0.15) is 0 Å². The quantitative estimate of drug-likeness (QED) is 0.483. The summed E-state index contributed by atoms with van der Waals surface area (Å²) in [6.45, 7) is 2.64. The SMILES string of the molecule is Cc1c(C(=O)NCc2cccc(N3CCCC3=O)c2)nnn1-c1cccc([N+](=O)[O-])c1. The normalized spacial score (nSPS) is 13.5. The predicted octanol–water partition coefficient (Wildman–Crippen LogP) is 2.54. The monoisotopic (exact) mass is 420 g/mol. The van der Waals surface area contributed by atoms with Crippen molar-refractivity contribution in [2.45, 2.75) is 26.3 Å². The van der Waals surface area contributed by atoms with Gasteiger partial charge in [-0.1, -0.05) is 23.4 Å². The first-order valence-corrected chi connectivity index (χ1v) is 9.78. The van der Waals surface area contributed by atoms with Gasteiger partial charge in [0, 0.05) is 37.3 Å². The van der Waals surface area contributed by atoms with Crippen LogP contribution >= 0.6 is 0 Å². The summed E-state index contributed by atoms with van der Waals surface area (Å²) in [4.78, 5) is 36.9. The lowest BCUT2D eigenvalue weighted by Gasteiger charge is -2.16. The van der Waals surface area contributed by atoms with Gasteiger partial charge in [0.15, 0.2) is 5.69 Å². The van der Waals surface area contributed by atoms with E-state index in [0.717, 1.165) is 17.7 Å². The number of carbonyl (C=O) groups excluding carboxylic acids is 2. The number of benzene rings is 2. The minimum atomic E-state index is -0.493. The third kappa shape index (κ3) is 4.13. The highest BCUT2D eigenvalue weighted by Gasteiger charge is 2.22. The molecule has 2 aromatic carbocycles. The maximum Gasteiger partial charge on any atom is 0.274 e. The number of hydrogen-bond donors (Lipinski definition) is 1. The molecular weight excluding hydrogens is 400 g/mol. The van der Waals surface area contributed by atoms with Crippen LogP contribution in [0.3, 0.4) is 0 Å². The van der Waals surface area contributed by atoms with Gasteiger partial charge in [-0.3, -0.25) is 19.7 Å². The Hall–Kier alpha value is -4.08. The summed E-state index contributed by atoms with van der Waals surface area (Å²) in [7, 11) is 0. The van der Waals surface area contributed by atoms with Gasteiger partial charge in [0.25, 0.3) is 11.6 Å². The van der Waals surface area contributed by atoms with E-state index in [9.17, 15) is 19.7 Å². The number of nitrogens with one attached hydrogen (secondary N) is 1. The van der Waals surface area contributed by atoms with Crippen LogP contribution < -0.4 is 10.2 Å². The van der Waals surface area contributed by atoms with E-state index in [1.54, 1.807) is 24.0 Å². The zero-order valence-corrected chi connectivity index (χ0v) is 16.8. The van der Waals surface area contributed by atoms with Gasteiger partial charge >= 0.3 is 0 Å².